The lowest BCUT2D eigenvalue weighted by Crippen LogP contribution is -2.31. The molecule has 9 heteroatoms. The minimum absolute atomic E-state index is 0.0403. The van der Waals surface area contributed by atoms with Crippen molar-refractivity contribution in [1.29, 1.82) is 0 Å². The Balaban J connectivity index is 1.34. The Labute approximate surface area is 179 Å². The summed E-state index contributed by atoms with van der Waals surface area (Å²) in [6.45, 7) is 4.36. The number of hydrogen-bond donors (Lipinski definition) is 2. The van der Waals surface area contributed by atoms with Crippen LogP contribution >= 0.6 is 11.6 Å². The van der Waals surface area contributed by atoms with Crippen LogP contribution in [0.1, 0.15) is 28.8 Å². The minimum atomic E-state index is -0.321. The van der Waals surface area contributed by atoms with Gasteiger partial charge in [0.25, 0.3) is 5.91 Å². The van der Waals surface area contributed by atoms with Gasteiger partial charge in [0, 0.05) is 35.9 Å². The second kappa shape index (κ2) is 8.71. The first kappa shape index (κ1) is 20.2. The number of nitrogens with zero attached hydrogens (tertiary/aromatic N) is 4. The smallest absolute Gasteiger partial charge is 0.319 e. The lowest BCUT2D eigenvalue weighted by Gasteiger charge is -2.14. The molecule has 0 bridgehead atoms. The van der Waals surface area contributed by atoms with Crippen LogP contribution in [0.3, 0.4) is 0 Å². The molecule has 0 spiro atoms. The molecule has 4 rings (SSSR count). The number of hydrogen-bond acceptors (Lipinski definition) is 4. The van der Waals surface area contributed by atoms with Gasteiger partial charge >= 0.3 is 6.03 Å². The zero-order chi connectivity index (χ0) is 21.1. The first-order valence-electron chi connectivity index (χ1n) is 9.95. The number of carbonyl (C=O) groups is 2. The van der Waals surface area contributed by atoms with Gasteiger partial charge in [-0.1, -0.05) is 22.9 Å². The number of aromatic nitrogens is 3. The Morgan fingerprint density at radius 2 is 1.93 bits per heavy atom. The maximum Gasteiger partial charge on any atom is 0.319 e. The summed E-state index contributed by atoms with van der Waals surface area (Å²) in [7, 11) is 0. The van der Waals surface area contributed by atoms with E-state index in [0.717, 1.165) is 37.0 Å². The summed E-state index contributed by atoms with van der Waals surface area (Å²) in [5, 5.41) is 14.5. The predicted octanol–water partition coefficient (Wildman–Crippen LogP) is 3.45. The number of urea groups is 1. The average Bonchev–Trinajstić information content (AvgIpc) is 3.40. The third-order valence-electron chi connectivity index (χ3n) is 5.19. The Morgan fingerprint density at radius 1 is 1.13 bits per heavy atom. The van der Waals surface area contributed by atoms with Crippen molar-refractivity contribution in [2.45, 2.75) is 26.3 Å². The van der Waals surface area contributed by atoms with Gasteiger partial charge < -0.3 is 15.5 Å². The summed E-state index contributed by atoms with van der Waals surface area (Å²) in [4.78, 5) is 26.5. The van der Waals surface area contributed by atoms with Crippen LogP contribution in [0.5, 0.6) is 0 Å². The highest BCUT2D eigenvalue weighted by atomic mass is 35.5. The fourth-order valence-electron chi connectivity index (χ4n) is 3.49. The van der Waals surface area contributed by atoms with Gasteiger partial charge in [0.2, 0.25) is 0 Å². The fourth-order valence-corrected chi connectivity index (χ4v) is 3.67. The van der Waals surface area contributed by atoms with Crippen molar-refractivity contribution in [3.8, 4) is 0 Å². The summed E-state index contributed by atoms with van der Waals surface area (Å²) in [6.07, 6.45) is 2.11. The van der Waals surface area contributed by atoms with E-state index in [-0.39, 0.29) is 11.9 Å². The summed E-state index contributed by atoms with van der Waals surface area (Å²) in [6, 6.07) is 10.5. The fraction of sp³-hybridized carbons (Fsp3) is 0.333. The molecule has 0 radical (unpaired) electrons. The number of likely N-dealkylation sites (tertiary alicyclic amines) is 1. The Hall–Kier alpha value is -3.13. The molecular weight excluding hydrogens is 404 g/mol. The van der Waals surface area contributed by atoms with E-state index in [4.69, 9.17) is 11.6 Å². The topological polar surface area (TPSA) is 92.1 Å². The monoisotopic (exact) mass is 426 g/mol. The van der Waals surface area contributed by atoms with Crippen molar-refractivity contribution in [3.05, 3.63) is 52.5 Å². The Bertz CT molecular complexity index is 1090. The number of carbonyl (C=O) groups excluding carboxylic acids is 2. The molecule has 1 fully saturated rings. The summed E-state index contributed by atoms with van der Waals surface area (Å²) >= 11 is 6.08. The van der Waals surface area contributed by atoms with Crippen molar-refractivity contribution < 1.29 is 9.59 Å². The van der Waals surface area contributed by atoms with E-state index >= 15 is 0 Å². The normalized spacial score (nSPS) is 13.6. The molecule has 1 aliphatic heterocycles. The molecule has 8 nitrogen and oxygen atoms in total. The van der Waals surface area contributed by atoms with Gasteiger partial charge in [-0.15, -0.1) is 5.10 Å². The molecule has 30 heavy (non-hydrogen) atoms. The summed E-state index contributed by atoms with van der Waals surface area (Å²) in [5.74, 6) is 0.0403. The highest BCUT2D eigenvalue weighted by Crippen LogP contribution is 2.20. The number of aryl methyl sites for hydroxylation is 1. The molecule has 2 N–H and O–H groups in total. The molecule has 0 saturated carbocycles. The molecule has 156 valence electrons. The lowest BCUT2D eigenvalue weighted by molar-refractivity contribution is 0.0793. The molecule has 1 aromatic heterocycles. The zero-order valence-corrected chi connectivity index (χ0v) is 17.4. The molecule has 2 heterocycles. The van der Waals surface area contributed by atoms with Crippen LogP contribution < -0.4 is 10.6 Å². The van der Waals surface area contributed by atoms with Crippen LogP contribution in [0, 0.1) is 6.92 Å². The molecule has 0 atom stereocenters. The Kier molecular flexibility index (Phi) is 5.85. The van der Waals surface area contributed by atoms with E-state index in [1.807, 2.05) is 30.0 Å². The second-order valence-corrected chi connectivity index (χ2v) is 7.77. The number of rotatable bonds is 5. The number of anilines is 1. The molecular formula is C21H23ClN6O2. The van der Waals surface area contributed by atoms with E-state index in [0.29, 0.717) is 34.9 Å². The molecule has 1 saturated heterocycles. The predicted molar refractivity (Wildman–Crippen MR) is 116 cm³/mol. The van der Waals surface area contributed by atoms with Crippen molar-refractivity contribution in [2.24, 2.45) is 0 Å². The molecule has 3 aromatic rings. The van der Waals surface area contributed by atoms with Crippen LogP contribution in [-0.4, -0.2) is 51.5 Å². The van der Waals surface area contributed by atoms with Crippen LogP contribution in [0.4, 0.5) is 10.5 Å². The molecule has 1 aliphatic rings. The summed E-state index contributed by atoms with van der Waals surface area (Å²) < 4.78 is 1.71. The van der Waals surface area contributed by atoms with E-state index in [2.05, 4.69) is 20.9 Å². The van der Waals surface area contributed by atoms with Crippen molar-refractivity contribution in [2.75, 3.05) is 25.0 Å². The third kappa shape index (κ3) is 4.38. The highest BCUT2D eigenvalue weighted by Gasteiger charge is 2.20. The molecule has 2 aromatic carbocycles. The SMILES string of the molecule is Cc1ccc(NC(=O)NCCn2nnc3cc(C(=O)N4CCCC4)ccc32)cc1Cl. The van der Waals surface area contributed by atoms with Crippen LogP contribution in [0.2, 0.25) is 5.02 Å². The number of fused-ring (bicyclic) bond motifs is 1. The largest absolute Gasteiger partial charge is 0.339 e. The number of amides is 3. The van der Waals surface area contributed by atoms with Gasteiger partial charge in [-0.2, -0.15) is 0 Å². The third-order valence-corrected chi connectivity index (χ3v) is 5.60. The van der Waals surface area contributed by atoms with Crippen LogP contribution in [0.25, 0.3) is 11.0 Å². The average molecular weight is 427 g/mol. The first-order valence-corrected chi connectivity index (χ1v) is 10.3. The van der Waals surface area contributed by atoms with Crippen molar-refractivity contribution >= 4 is 40.3 Å². The van der Waals surface area contributed by atoms with Crippen LogP contribution in [0.15, 0.2) is 36.4 Å². The maximum absolute atomic E-state index is 12.5. The van der Waals surface area contributed by atoms with E-state index in [1.54, 1.807) is 22.9 Å². The molecule has 0 aliphatic carbocycles. The standard InChI is InChI=1S/C21H23ClN6O2/c1-14-4-6-16(13-17(14)22)24-21(30)23-8-11-28-19-7-5-15(12-18(19)25-26-28)20(29)27-9-2-3-10-27/h4-7,12-13H,2-3,8-11H2,1H3,(H2,23,24,30). The second-order valence-electron chi connectivity index (χ2n) is 7.36. The quantitative estimate of drug-likeness (QED) is 0.653. The Morgan fingerprint density at radius 3 is 2.70 bits per heavy atom. The maximum atomic E-state index is 12.5. The minimum Gasteiger partial charge on any atom is -0.339 e. The first-order chi connectivity index (χ1) is 14.5. The molecule has 0 unspecified atom stereocenters. The van der Waals surface area contributed by atoms with Gasteiger partial charge in [-0.25, -0.2) is 9.48 Å². The summed E-state index contributed by atoms with van der Waals surface area (Å²) in [5.41, 5.74) is 3.69. The van der Waals surface area contributed by atoms with Gasteiger partial charge in [0.15, 0.2) is 0 Å². The van der Waals surface area contributed by atoms with E-state index in [9.17, 15) is 9.59 Å². The van der Waals surface area contributed by atoms with Gasteiger partial charge in [-0.05, 0) is 55.7 Å². The number of nitrogens with one attached hydrogen (secondary N) is 2. The van der Waals surface area contributed by atoms with Crippen LogP contribution in [-0.2, 0) is 6.54 Å². The highest BCUT2D eigenvalue weighted by molar-refractivity contribution is 6.31. The van der Waals surface area contributed by atoms with E-state index in [1.165, 1.54) is 0 Å². The zero-order valence-electron chi connectivity index (χ0n) is 16.7. The van der Waals surface area contributed by atoms with E-state index < -0.39 is 0 Å². The van der Waals surface area contributed by atoms with Gasteiger partial charge in [-0.3, -0.25) is 4.79 Å². The van der Waals surface area contributed by atoms with Gasteiger partial charge in [0.05, 0.1) is 12.1 Å². The number of halogens is 1. The molecule has 3 amide bonds. The van der Waals surface area contributed by atoms with Crippen molar-refractivity contribution in [1.82, 2.24) is 25.2 Å². The number of benzene rings is 2. The lowest BCUT2D eigenvalue weighted by atomic mass is 10.1. The van der Waals surface area contributed by atoms with Crippen molar-refractivity contribution in [3.63, 3.8) is 0 Å². The van der Waals surface area contributed by atoms with Gasteiger partial charge in [0.1, 0.15) is 5.52 Å².